The summed E-state index contributed by atoms with van der Waals surface area (Å²) < 4.78 is 5.39. The highest BCUT2D eigenvalue weighted by Crippen LogP contribution is 2.15. The monoisotopic (exact) mass is 270 g/mol. The van der Waals surface area contributed by atoms with E-state index in [1.54, 1.807) is 7.11 Å². The van der Waals surface area contributed by atoms with Crippen LogP contribution in [0.15, 0.2) is 54.6 Å². The highest BCUT2D eigenvalue weighted by Gasteiger charge is 2.08. The molecule has 20 heavy (non-hydrogen) atoms. The van der Waals surface area contributed by atoms with Crippen LogP contribution in [0.25, 0.3) is 0 Å². The van der Waals surface area contributed by atoms with Crippen molar-refractivity contribution in [3.8, 4) is 5.75 Å². The Hall–Kier alpha value is -1.80. The molecule has 2 N–H and O–H groups in total. The van der Waals surface area contributed by atoms with Gasteiger partial charge in [0.2, 0.25) is 0 Å². The maximum Gasteiger partial charge on any atom is 0.127 e. The summed E-state index contributed by atoms with van der Waals surface area (Å²) in [7, 11) is 1.73. The van der Waals surface area contributed by atoms with Crippen LogP contribution in [0, 0.1) is 0 Å². The van der Waals surface area contributed by atoms with E-state index in [1.807, 2.05) is 12.1 Å². The predicted octanol–water partition coefficient (Wildman–Crippen LogP) is 2.78. The molecule has 0 spiro atoms. The average Bonchev–Trinajstić information content (AvgIpc) is 2.52. The van der Waals surface area contributed by atoms with Gasteiger partial charge in [-0.3, -0.25) is 0 Å². The van der Waals surface area contributed by atoms with E-state index in [0.717, 1.165) is 18.7 Å². The van der Waals surface area contributed by atoms with Gasteiger partial charge in [-0.25, -0.2) is 0 Å². The molecule has 0 saturated heterocycles. The van der Waals surface area contributed by atoms with Crippen LogP contribution < -0.4 is 10.1 Å². The standard InChI is InChI=1S/C18H23NO/c1-15(12-13-16-8-4-3-5-9-16)19-14-17-10-6-7-11-18(17)20-2/h3-11,15,19H,12-14H2,1-2H3/p+1/t15-/m1/s1. The van der Waals surface area contributed by atoms with Gasteiger partial charge in [0.1, 0.15) is 12.3 Å². The third-order valence-corrected chi connectivity index (χ3v) is 3.66. The number of hydrogen-bond donors (Lipinski definition) is 1. The fraction of sp³-hybridized carbons (Fsp3) is 0.333. The van der Waals surface area contributed by atoms with Crippen molar-refractivity contribution in [2.45, 2.75) is 32.4 Å². The van der Waals surface area contributed by atoms with Crippen LogP contribution >= 0.6 is 0 Å². The largest absolute Gasteiger partial charge is 0.496 e. The van der Waals surface area contributed by atoms with Gasteiger partial charge in [-0.15, -0.1) is 0 Å². The lowest BCUT2D eigenvalue weighted by molar-refractivity contribution is -0.701. The van der Waals surface area contributed by atoms with Gasteiger partial charge >= 0.3 is 0 Å². The molecule has 2 heteroatoms. The first-order valence-electron chi connectivity index (χ1n) is 7.28. The second-order valence-corrected chi connectivity index (χ2v) is 5.25. The summed E-state index contributed by atoms with van der Waals surface area (Å²) in [6.45, 7) is 3.26. The smallest absolute Gasteiger partial charge is 0.127 e. The molecule has 0 aliphatic carbocycles. The average molecular weight is 270 g/mol. The van der Waals surface area contributed by atoms with Crippen LogP contribution in [-0.4, -0.2) is 13.2 Å². The molecule has 1 atom stereocenters. The van der Waals surface area contributed by atoms with Gasteiger partial charge in [0.05, 0.1) is 13.2 Å². The van der Waals surface area contributed by atoms with E-state index < -0.39 is 0 Å². The molecule has 0 aromatic heterocycles. The maximum atomic E-state index is 5.39. The second-order valence-electron chi connectivity index (χ2n) is 5.25. The minimum absolute atomic E-state index is 0.611. The molecule has 2 rings (SSSR count). The minimum Gasteiger partial charge on any atom is -0.496 e. The fourth-order valence-corrected chi connectivity index (χ4v) is 2.36. The van der Waals surface area contributed by atoms with Crippen LogP contribution in [0.1, 0.15) is 24.5 Å². The van der Waals surface area contributed by atoms with Gasteiger partial charge < -0.3 is 10.1 Å². The van der Waals surface area contributed by atoms with Crippen molar-refractivity contribution >= 4 is 0 Å². The lowest BCUT2D eigenvalue weighted by Gasteiger charge is -2.12. The van der Waals surface area contributed by atoms with Gasteiger partial charge in [-0.1, -0.05) is 42.5 Å². The number of para-hydroxylation sites is 1. The highest BCUT2D eigenvalue weighted by atomic mass is 16.5. The Kier molecular flexibility index (Phi) is 5.63. The summed E-state index contributed by atoms with van der Waals surface area (Å²) in [6, 6.07) is 19.6. The van der Waals surface area contributed by atoms with Crippen molar-refractivity contribution in [3.63, 3.8) is 0 Å². The van der Waals surface area contributed by atoms with Gasteiger partial charge in [-0.05, 0) is 31.0 Å². The number of methoxy groups -OCH3 is 1. The minimum atomic E-state index is 0.611. The first-order valence-corrected chi connectivity index (χ1v) is 7.28. The molecular formula is C18H24NO+. The number of rotatable bonds is 7. The van der Waals surface area contributed by atoms with Crippen LogP contribution in [0.2, 0.25) is 0 Å². The zero-order chi connectivity index (χ0) is 14.2. The van der Waals surface area contributed by atoms with Crippen molar-refractivity contribution in [3.05, 3.63) is 65.7 Å². The van der Waals surface area contributed by atoms with E-state index in [0.29, 0.717) is 6.04 Å². The topological polar surface area (TPSA) is 25.8 Å². The molecule has 2 aromatic rings. The van der Waals surface area contributed by atoms with Crippen molar-refractivity contribution < 1.29 is 10.1 Å². The van der Waals surface area contributed by atoms with E-state index in [-0.39, 0.29) is 0 Å². The zero-order valence-corrected chi connectivity index (χ0v) is 12.4. The fourth-order valence-electron chi connectivity index (χ4n) is 2.36. The molecule has 0 fully saturated rings. The molecule has 0 saturated carbocycles. The Morgan fingerprint density at radius 2 is 1.70 bits per heavy atom. The van der Waals surface area contributed by atoms with E-state index in [4.69, 9.17) is 4.74 Å². The first kappa shape index (κ1) is 14.6. The SMILES string of the molecule is COc1ccccc1C[NH2+][C@H](C)CCc1ccccc1. The van der Waals surface area contributed by atoms with Gasteiger partial charge in [0.25, 0.3) is 0 Å². The van der Waals surface area contributed by atoms with Crippen molar-refractivity contribution in [2.24, 2.45) is 0 Å². The Labute approximate surface area is 121 Å². The van der Waals surface area contributed by atoms with Gasteiger partial charge in [0, 0.05) is 12.0 Å². The number of hydrogen-bond acceptors (Lipinski definition) is 1. The molecule has 2 nitrogen and oxygen atoms in total. The number of quaternary nitrogens is 1. The summed E-state index contributed by atoms with van der Waals surface area (Å²) in [5, 5.41) is 2.39. The molecular weight excluding hydrogens is 246 g/mol. The van der Waals surface area contributed by atoms with E-state index in [1.165, 1.54) is 17.5 Å². The Balaban J connectivity index is 1.79. The second kappa shape index (κ2) is 7.71. The summed E-state index contributed by atoms with van der Waals surface area (Å²) in [5.41, 5.74) is 2.69. The quantitative estimate of drug-likeness (QED) is 0.822. The molecule has 2 aromatic carbocycles. The van der Waals surface area contributed by atoms with E-state index in [9.17, 15) is 0 Å². The number of benzene rings is 2. The molecule has 0 aliphatic heterocycles. The zero-order valence-electron chi connectivity index (χ0n) is 12.4. The van der Waals surface area contributed by atoms with Crippen molar-refractivity contribution in [2.75, 3.05) is 7.11 Å². The van der Waals surface area contributed by atoms with Gasteiger partial charge in [0.15, 0.2) is 0 Å². The Morgan fingerprint density at radius 3 is 2.45 bits per heavy atom. The molecule has 0 radical (unpaired) electrons. The van der Waals surface area contributed by atoms with Crippen LogP contribution in [-0.2, 0) is 13.0 Å². The van der Waals surface area contributed by atoms with Crippen molar-refractivity contribution in [1.82, 2.24) is 0 Å². The predicted molar refractivity (Wildman–Crippen MR) is 82.8 cm³/mol. The number of nitrogens with two attached hydrogens (primary N) is 1. The normalized spacial score (nSPS) is 12.1. The molecule has 0 aliphatic rings. The third-order valence-electron chi connectivity index (χ3n) is 3.66. The van der Waals surface area contributed by atoms with Crippen molar-refractivity contribution in [1.29, 1.82) is 0 Å². The Morgan fingerprint density at radius 1 is 1.00 bits per heavy atom. The maximum absolute atomic E-state index is 5.39. The van der Waals surface area contributed by atoms with E-state index in [2.05, 4.69) is 54.7 Å². The third kappa shape index (κ3) is 4.39. The lowest BCUT2D eigenvalue weighted by atomic mass is 10.1. The molecule has 0 unspecified atom stereocenters. The van der Waals surface area contributed by atoms with Gasteiger partial charge in [-0.2, -0.15) is 0 Å². The number of aryl methyl sites for hydroxylation is 1. The lowest BCUT2D eigenvalue weighted by Crippen LogP contribution is -2.87. The van der Waals surface area contributed by atoms with E-state index >= 15 is 0 Å². The molecule has 0 amide bonds. The highest BCUT2D eigenvalue weighted by molar-refractivity contribution is 5.32. The summed E-state index contributed by atoms with van der Waals surface area (Å²) in [4.78, 5) is 0. The summed E-state index contributed by atoms with van der Waals surface area (Å²) in [6.07, 6.45) is 2.34. The molecule has 0 bridgehead atoms. The van der Waals surface area contributed by atoms with Crippen LogP contribution in [0.5, 0.6) is 5.75 Å². The number of ether oxygens (including phenoxy) is 1. The molecule has 106 valence electrons. The first-order chi connectivity index (χ1) is 9.79. The van der Waals surface area contributed by atoms with Crippen LogP contribution in [0.4, 0.5) is 0 Å². The Bertz CT molecular complexity index is 510. The van der Waals surface area contributed by atoms with Crippen LogP contribution in [0.3, 0.4) is 0 Å². The summed E-state index contributed by atoms with van der Waals surface area (Å²) >= 11 is 0. The summed E-state index contributed by atoms with van der Waals surface area (Å²) in [5.74, 6) is 0.985. The molecule has 0 heterocycles.